The van der Waals surface area contributed by atoms with Gasteiger partial charge in [-0.25, -0.2) is 18.1 Å². The Labute approximate surface area is 307 Å². The molecule has 2 heterocycles. The highest BCUT2D eigenvalue weighted by molar-refractivity contribution is 7.90. The number of nitrogens with zero attached hydrogens (tertiary/aromatic N) is 2. The van der Waals surface area contributed by atoms with Crippen molar-refractivity contribution in [2.75, 3.05) is 20.2 Å². The molecule has 3 N–H and O–H groups in total. The van der Waals surface area contributed by atoms with E-state index in [2.05, 4.69) is 21.9 Å². The van der Waals surface area contributed by atoms with Gasteiger partial charge in [0.1, 0.15) is 29.2 Å². The summed E-state index contributed by atoms with van der Waals surface area (Å²) in [6, 6.07) is 23.0. The largest absolute Gasteiger partial charge is 0.497 e. The van der Waals surface area contributed by atoms with E-state index in [0.717, 1.165) is 5.56 Å². The van der Waals surface area contributed by atoms with Crippen LogP contribution in [0.5, 0.6) is 11.5 Å². The maximum Gasteiger partial charge on any atom is 0.264 e. The molecule has 1 aliphatic carbocycles. The molecule has 0 spiro atoms. The predicted molar refractivity (Wildman–Crippen MR) is 197 cm³/mol. The Hall–Kier alpha value is -6.02. The first-order valence-electron chi connectivity index (χ1n) is 17.0. The minimum atomic E-state index is -4.25. The summed E-state index contributed by atoms with van der Waals surface area (Å²) in [7, 11) is -2.69. The number of carbonyl (C=O) groups is 4. The summed E-state index contributed by atoms with van der Waals surface area (Å²) >= 11 is 0. The summed E-state index contributed by atoms with van der Waals surface area (Å²) in [5.74, 6) is -2.14. The van der Waals surface area contributed by atoms with Crippen LogP contribution >= 0.6 is 0 Å². The zero-order chi connectivity index (χ0) is 37.8. The van der Waals surface area contributed by atoms with Crippen molar-refractivity contribution in [2.24, 2.45) is 5.92 Å². The van der Waals surface area contributed by atoms with Crippen molar-refractivity contribution in [1.29, 1.82) is 0 Å². The first-order chi connectivity index (χ1) is 25.5. The highest BCUT2D eigenvalue weighted by atomic mass is 32.2. The van der Waals surface area contributed by atoms with Crippen LogP contribution in [0.4, 0.5) is 0 Å². The molecule has 0 bridgehead atoms. The van der Waals surface area contributed by atoms with E-state index < -0.39 is 63.8 Å². The quantitative estimate of drug-likeness (QED) is 0.137. The van der Waals surface area contributed by atoms with Crippen LogP contribution in [-0.2, 0) is 29.2 Å². The summed E-state index contributed by atoms with van der Waals surface area (Å²) in [6.45, 7) is 5.00. The maximum atomic E-state index is 14.1. The molecule has 4 amide bonds. The number of sulfonamides is 1. The van der Waals surface area contributed by atoms with Crippen LogP contribution in [0, 0.1) is 5.92 Å². The minimum absolute atomic E-state index is 0.0243. The van der Waals surface area contributed by atoms with E-state index in [9.17, 15) is 27.6 Å². The van der Waals surface area contributed by atoms with Crippen LogP contribution in [-0.4, -0.2) is 79.8 Å². The Morgan fingerprint density at radius 1 is 1.02 bits per heavy atom. The molecule has 2 aliphatic rings. The Morgan fingerprint density at radius 2 is 1.74 bits per heavy atom. The van der Waals surface area contributed by atoms with Crippen molar-refractivity contribution in [3.05, 3.63) is 110 Å². The van der Waals surface area contributed by atoms with E-state index in [1.807, 2.05) is 36.4 Å². The van der Waals surface area contributed by atoms with Crippen molar-refractivity contribution in [1.82, 2.24) is 25.2 Å². The van der Waals surface area contributed by atoms with Crippen LogP contribution in [0.3, 0.4) is 0 Å². The third kappa shape index (κ3) is 7.92. The fraction of sp³-hybridized carbons (Fsp3) is 0.256. The fourth-order valence-corrected chi connectivity index (χ4v) is 7.49. The number of fused-ring (bicyclic) bond motifs is 1. The molecule has 0 radical (unpaired) electrons. The molecule has 2 fully saturated rings. The van der Waals surface area contributed by atoms with Gasteiger partial charge >= 0.3 is 0 Å². The molecule has 0 unspecified atom stereocenters. The first kappa shape index (κ1) is 36.8. The molecule has 274 valence electrons. The lowest BCUT2D eigenvalue weighted by Gasteiger charge is -2.26. The maximum absolute atomic E-state index is 14.1. The smallest absolute Gasteiger partial charge is 0.264 e. The number of hydrogen-bond acceptors (Lipinski definition) is 9. The number of allylic oxidation sites excluding steroid dienone is 1. The number of benzene rings is 3. The minimum Gasteiger partial charge on any atom is -0.497 e. The molecule has 1 aliphatic heterocycles. The van der Waals surface area contributed by atoms with Crippen molar-refractivity contribution < 1.29 is 37.1 Å². The lowest BCUT2D eigenvalue weighted by atomic mass is 10.1. The number of ether oxygens (including phenoxy) is 2. The lowest BCUT2D eigenvalue weighted by Crippen LogP contribution is -2.56. The summed E-state index contributed by atoms with van der Waals surface area (Å²) < 4.78 is 40.2. The second-order valence-electron chi connectivity index (χ2n) is 12.8. The number of aromatic nitrogens is 1. The number of pyridine rings is 1. The Kier molecular flexibility index (Phi) is 10.6. The monoisotopic (exact) mass is 737 g/mol. The fourth-order valence-electron chi connectivity index (χ4n) is 6.43. The van der Waals surface area contributed by atoms with Crippen LogP contribution in [0.25, 0.3) is 22.2 Å². The third-order valence-corrected chi connectivity index (χ3v) is 10.6. The summed E-state index contributed by atoms with van der Waals surface area (Å²) in [4.78, 5) is 59.5. The van der Waals surface area contributed by atoms with E-state index >= 15 is 0 Å². The number of nitrogens with one attached hydrogen (secondary N) is 3. The van der Waals surface area contributed by atoms with Gasteiger partial charge in [0, 0.05) is 35.4 Å². The Morgan fingerprint density at radius 3 is 2.40 bits per heavy atom. The SMILES string of the molecule is C=C[C@@H]1C[C@]1(NC(=O)[C@@H]1C[C@@H](Oc2cc(-c3ccccc3)nc3cc(OC)ccc23)CN1C(=O)CNC(=O)C=CC)C(=O)NS(=O)(=O)c1ccccc1. The van der Waals surface area contributed by atoms with Crippen molar-refractivity contribution in [3.8, 4) is 22.8 Å². The highest BCUT2D eigenvalue weighted by Gasteiger charge is 2.61. The van der Waals surface area contributed by atoms with E-state index in [-0.39, 0.29) is 24.3 Å². The highest BCUT2D eigenvalue weighted by Crippen LogP contribution is 2.45. The van der Waals surface area contributed by atoms with Gasteiger partial charge in [-0.15, -0.1) is 6.58 Å². The number of amides is 4. The molecule has 3 aromatic carbocycles. The van der Waals surface area contributed by atoms with Gasteiger partial charge in [0.15, 0.2) is 0 Å². The van der Waals surface area contributed by atoms with Gasteiger partial charge in [-0.2, -0.15) is 0 Å². The van der Waals surface area contributed by atoms with E-state index in [0.29, 0.717) is 28.1 Å². The molecule has 13 nitrogen and oxygen atoms in total. The molecule has 1 aromatic heterocycles. The van der Waals surface area contributed by atoms with Gasteiger partial charge in [-0.05, 0) is 43.7 Å². The van der Waals surface area contributed by atoms with Crippen molar-refractivity contribution in [2.45, 2.75) is 42.3 Å². The predicted octanol–water partition coefficient (Wildman–Crippen LogP) is 3.52. The second-order valence-corrected chi connectivity index (χ2v) is 14.4. The van der Waals surface area contributed by atoms with Gasteiger partial charge < -0.3 is 25.0 Å². The zero-order valence-electron chi connectivity index (χ0n) is 29.2. The van der Waals surface area contributed by atoms with Crippen molar-refractivity contribution >= 4 is 44.6 Å². The summed E-state index contributed by atoms with van der Waals surface area (Å²) in [6.07, 6.45) is 3.71. The van der Waals surface area contributed by atoms with Gasteiger partial charge in [-0.1, -0.05) is 60.7 Å². The third-order valence-electron chi connectivity index (χ3n) is 9.29. The van der Waals surface area contributed by atoms with Crippen LogP contribution < -0.4 is 24.8 Å². The molecule has 1 saturated carbocycles. The number of methoxy groups -OCH3 is 1. The molecule has 53 heavy (non-hydrogen) atoms. The zero-order valence-corrected chi connectivity index (χ0v) is 30.0. The van der Waals surface area contributed by atoms with E-state index in [4.69, 9.17) is 14.5 Å². The van der Waals surface area contributed by atoms with Gasteiger partial charge in [0.2, 0.25) is 17.7 Å². The number of hydrogen-bond donors (Lipinski definition) is 3. The normalized spacial score (nSPS) is 20.8. The van der Waals surface area contributed by atoms with Gasteiger partial charge in [0.05, 0.1) is 36.3 Å². The average molecular weight is 738 g/mol. The van der Waals surface area contributed by atoms with Crippen LogP contribution in [0.2, 0.25) is 0 Å². The number of likely N-dealkylation sites (tertiary alicyclic amines) is 1. The Bertz CT molecular complexity index is 2200. The topological polar surface area (TPSA) is 173 Å². The van der Waals surface area contributed by atoms with Gasteiger partial charge in [-0.3, -0.25) is 19.2 Å². The molecule has 6 rings (SSSR count). The molecular formula is C39H39N5O8S. The van der Waals surface area contributed by atoms with Crippen molar-refractivity contribution in [3.63, 3.8) is 0 Å². The van der Waals surface area contributed by atoms with Crippen LogP contribution in [0.1, 0.15) is 19.8 Å². The van der Waals surface area contributed by atoms with Crippen LogP contribution in [0.15, 0.2) is 115 Å². The molecular weight excluding hydrogens is 699 g/mol. The number of rotatable bonds is 13. The number of carbonyl (C=O) groups excluding carboxylic acids is 4. The average Bonchev–Trinajstić information content (AvgIpc) is 3.72. The lowest BCUT2D eigenvalue weighted by molar-refractivity contribution is -0.139. The summed E-state index contributed by atoms with van der Waals surface area (Å²) in [5.41, 5.74) is 0.476. The first-order valence-corrected chi connectivity index (χ1v) is 18.4. The molecule has 4 aromatic rings. The molecule has 4 atom stereocenters. The molecule has 14 heteroatoms. The second kappa shape index (κ2) is 15.3. The summed E-state index contributed by atoms with van der Waals surface area (Å²) in [5, 5.41) is 5.96. The molecule has 1 saturated heterocycles. The standard InChI is InChI=1S/C39H39N5O8S/c1-4-12-35(45)40-23-36(46)44-24-28(52-34-21-31(25-13-8-6-9-14-25)41-32-19-27(51-3)17-18-30(32)34)20-33(44)37(47)42-39(22-26(39)5-2)38(48)43-53(49,50)29-15-10-7-11-16-29/h4-19,21,26,28,33H,2,20,22-24H2,1,3H3,(H,40,45)(H,42,47)(H,43,48)/t26-,28-,33+,39-/m1/s1. The Balaban J connectivity index is 1.28. The van der Waals surface area contributed by atoms with Gasteiger partial charge in [0.25, 0.3) is 15.9 Å². The van der Waals surface area contributed by atoms with E-state index in [1.54, 1.807) is 38.3 Å². The van der Waals surface area contributed by atoms with E-state index in [1.165, 1.54) is 47.4 Å².